The van der Waals surface area contributed by atoms with Crippen molar-refractivity contribution in [3.63, 3.8) is 0 Å². The van der Waals surface area contributed by atoms with Crippen molar-refractivity contribution < 1.29 is 9.53 Å². The second-order valence-corrected chi connectivity index (χ2v) is 5.07. The molecule has 1 aromatic rings. The van der Waals surface area contributed by atoms with Crippen molar-refractivity contribution in [1.82, 2.24) is 0 Å². The van der Waals surface area contributed by atoms with E-state index in [4.69, 9.17) is 16.3 Å². The average Bonchev–Trinajstić information content (AvgIpc) is 2.44. The number of rotatable bonds is 8. The first-order valence-corrected chi connectivity index (χ1v) is 7.36. The normalized spacial score (nSPS) is 11.7. The summed E-state index contributed by atoms with van der Waals surface area (Å²) in [6.45, 7) is 2.24. The Morgan fingerprint density at radius 3 is 2.60 bits per heavy atom. The van der Waals surface area contributed by atoms with E-state index in [1.54, 1.807) is 0 Å². The molecule has 0 spiro atoms. The van der Waals surface area contributed by atoms with Crippen molar-refractivity contribution in [2.75, 3.05) is 6.61 Å². The number of nitrogens with zero attached hydrogens (tertiary/aromatic N) is 1. The first kappa shape index (κ1) is 16.5. The Kier molecular flexibility index (Phi) is 7.75. The van der Waals surface area contributed by atoms with Gasteiger partial charge in [0.25, 0.3) is 0 Å². The van der Waals surface area contributed by atoms with Crippen molar-refractivity contribution in [3.05, 3.63) is 34.9 Å². The fraction of sp³-hybridized carbons (Fsp3) is 0.500. The van der Waals surface area contributed by atoms with Gasteiger partial charge in [0.1, 0.15) is 0 Å². The van der Waals surface area contributed by atoms with Gasteiger partial charge >= 0.3 is 5.97 Å². The van der Waals surface area contributed by atoms with E-state index in [9.17, 15) is 10.1 Å². The molecule has 0 aromatic heterocycles. The molecule has 0 radical (unpaired) electrons. The summed E-state index contributed by atoms with van der Waals surface area (Å²) in [6, 6.07) is 9.73. The molecule has 0 saturated carbocycles. The molecule has 1 aromatic carbocycles. The molecule has 0 fully saturated rings. The zero-order chi connectivity index (χ0) is 14.8. The quantitative estimate of drug-likeness (QED) is 0.525. The molecular formula is C16H20ClNO2. The highest BCUT2D eigenvalue weighted by Crippen LogP contribution is 2.23. The van der Waals surface area contributed by atoms with Crippen LogP contribution in [0, 0.1) is 11.3 Å². The summed E-state index contributed by atoms with van der Waals surface area (Å²) in [5.74, 6) is -0.239. The molecule has 0 aliphatic carbocycles. The molecule has 0 heterocycles. The lowest BCUT2D eigenvalue weighted by Gasteiger charge is -2.09. The predicted octanol–water partition coefficient (Wildman–Crippen LogP) is 4.46. The number of halogens is 1. The molecule has 20 heavy (non-hydrogen) atoms. The molecule has 0 amide bonds. The second kappa shape index (κ2) is 9.39. The fourth-order valence-corrected chi connectivity index (χ4v) is 2.15. The number of carbonyl (C=O) groups is 1. The maximum atomic E-state index is 11.2. The number of ether oxygens (including phenoxy) is 1. The van der Waals surface area contributed by atoms with E-state index in [-0.39, 0.29) is 11.9 Å². The topological polar surface area (TPSA) is 50.1 Å². The minimum atomic E-state index is -0.137. The van der Waals surface area contributed by atoms with Gasteiger partial charge in [-0.1, -0.05) is 36.6 Å². The van der Waals surface area contributed by atoms with Gasteiger partial charge in [-0.15, -0.1) is 0 Å². The Morgan fingerprint density at radius 1 is 1.30 bits per heavy atom. The molecule has 0 N–H and O–H groups in total. The number of hydrogen-bond donors (Lipinski definition) is 0. The third-order valence-electron chi connectivity index (χ3n) is 3.11. The zero-order valence-electron chi connectivity index (χ0n) is 11.8. The standard InChI is InChI=1S/C16H20ClNO2/c1-2-20-16(19)7-5-3-4-6-14(12-18)13-8-10-15(17)11-9-13/h8-11,14H,2-7H2,1H3. The van der Waals surface area contributed by atoms with Crippen LogP contribution in [0.25, 0.3) is 0 Å². The summed E-state index contributed by atoms with van der Waals surface area (Å²) < 4.78 is 4.87. The summed E-state index contributed by atoms with van der Waals surface area (Å²) in [5.41, 5.74) is 1.00. The molecule has 4 heteroatoms. The average molecular weight is 294 g/mol. The van der Waals surface area contributed by atoms with Crippen LogP contribution >= 0.6 is 11.6 Å². The smallest absolute Gasteiger partial charge is 0.305 e. The van der Waals surface area contributed by atoms with Crippen LogP contribution in [0.15, 0.2) is 24.3 Å². The van der Waals surface area contributed by atoms with Gasteiger partial charge in [0.2, 0.25) is 0 Å². The number of hydrogen-bond acceptors (Lipinski definition) is 3. The zero-order valence-corrected chi connectivity index (χ0v) is 12.5. The van der Waals surface area contributed by atoms with Gasteiger partial charge in [0.15, 0.2) is 0 Å². The SMILES string of the molecule is CCOC(=O)CCCCCC(C#N)c1ccc(Cl)cc1. The Morgan fingerprint density at radius 2 is 2.00 bits per heavy atom. The molecule has 0 aliphatic heterocycles. The van der Waals surface area contributed by atoms with E-state index >= 15 is 0 Å². The van der Waals surface area contributed by atoms with Crippen LogP contribution in [0.5, 0.6) is 0 Å². The molecule has 1 unspecified atom stereocenters. The van der Waals surface area contributed by atoms with E-state index in [1.165, 1.54) is 0 Å². The summed E-state index contributed by atoms with van der Waals surface area (Å²) >= 11 is 5.83. The van der Waals surface area contributed by atoms with Crippen molar-refractivity contribution in [1.29, 1.82) is 5.26 Å². The Balaban J connectivity index is 2.27. The van der Waals surface area contributed by atoms with Crippen LogP contribution in [0.4, 0.5) is 0 Å². The van der Waals surface area contributed by atoms with E-state index in [0.29, 0.717) is 18.1 Å². The molecule has 108 valence electrons. The van der Waals surface area contributed by atoms with Gasteiger partial charge in [0.05, 0.1) is 18.6 Å². The predicted molar refractivity (Wildman–Crippen MR) is 79.5 cm³/mol. The van der Waals surface area contributed by atoms with Gasteiger partial charge in [-0.25, -0.2) is 0 Å². The summed E-state index contributed by atoms with van der Waals surface area (Å²) in [5, 5.41) is 9.89. The molecule has 0 aliphatic rings. The van der Waals surface area contributed by atoms with E-state index in [2.05, 4.69) is 6.07 Å². The van der Waals surface area contributed by atoms with Crippen LogP contribution in [-0.4, -0.2) is 12.6 Å². The molecule has 3 nitrogen and oxygen atoms in total. The molecule has 1 atom stereocenters. The summed E-state index contributed by atoms with van der Waals surface area (Å²) in [4.78, 5) is 11.2. The highest BCUT2D eigenvalue weighted by atomic mass is 35.5. The molecule has 0 saturated heterocycles. The number of unbranched alkanes of at least 4 members (excludes halogenated alkanes) is 2. The van der Waals surface area contributed by atoms with Gasteiger partial charge in [0, 0.05) is 11.4 Å². The fourth-order valence-electron chi connectivity index (χ4n) is 2.03. The minimum absolute atomic E-state index is 0.102. The highest BCUT2D eigenvalue weighted by molar-refractivity contribution is 6.30. The van der Waals surface area contributed by atoms with E-state index in [0.717, 1.165) is 31.2 Å². The minimum Gasteiger partial charge on any atom is -0.466 e. The second-order valence-electron chi connectivity index (χ2n) is 4.64. The van der Waals surface area contributed by atoms with Crippen molar-refractivity contribution in [3.8, 4) is 6.07 Å². The van der Waals surface area contributed by atoms with Crippen LogP contribution in [0.3, 0.4) is 0 Å². The van der Waals surface area contributed by atoms with Gasteiger partial charge < -0.3 is 4.74 Å². The maximum absolute atomic E-state index is 11.2. The van der Waals surface area contributed by atoms with Crippen LogP contribution in [0.1, 0.15) is 50.5 Å². The third kappa shape index (κ3) is 6.08. The van der Waals surface area contributed by atoms with Crippen LogP contribution in [-0.2, 0) is 9.53 Å². The van der Waals surface area contributed by atoms with E-state index in [1.807, 2.05) is 31.2 Å². The molecule has 0 bridgehead atoms. The Bertz CT molecular complexity index is 451. The maximum Gasteiger partial charge on any atom is 0.305 e. The molecular weight excluding hydrogens is 274 g/mol. The lowest BCUT2D eigenvalue weighted by atomic mass is 9.94. The molecule has 1 rings (SSSR count). The Hall–Kier alpha value is -1.53. The van der Waals surface area contributed by atoms with Crippen LogP contribution < -0.4 is 0 Å². The number of benzene rings is 1. The summed E-state index contributed by atoms with van der Waals surface area (Å²) in [6.07, 6.45) is 3.95. The third-order valence-corrected chi connectivity index (χ3v) is 3.36. The first-order valence-electron chi connectivity index (χ1n) is 6.98. The monoisotopic (exact) mass is 293 g/mol. The van der Waals surface area contributed by atoms with Crippen molar-refractivity contribution in [2.24, 2.45) is 0 Å². The van der Waals surface area contributed by atoms with Gasteiger partial charge in [-0.3, -0.25) is 4.79 Å². The van der Waals surface area contributed by atoms with Crippen LogP contribution in [0.2, 0.25) is 5.02 Å². The largest absolute Gasteiger partial charge is 0.466 e. The van der Waals surface area contributed by atoms with Gasteiger partial charge in [-0.2, -0.15) is 5.26 Å². The van der Waals surface area contributed by atoms with Crippen molar-refractivity contribution in [2.45, 2.75) is 44.9 Å². The number of carbonyl (C=O) groups excluding carboxylic acids is 1. The van der Waals surface area contributed by atoms with Gasteiger partial charge in [-0.05, 0) is 37.5 Å². The number of esters is 1. The lowest BCUT2D eigenvalue weighted by molar-refractivity contribution is -0.143. The van der Waals surface area contributed by atoms with Crippen molar-refractivity contribution >= 4 is 17.6 Å². The lowest BCUT2D eigenvalue weighted by Crippen LogP contribution is -2.03. The van der Waals surface area contributed by atoms with E-state index < -0.39 is 0 Å². The Labute approximate surface area is 125 Å². The first-order chi connectivity index (χ1) is 9.67. The number of nitriles is 1. The highest BCUT2D eigenvalue weighted by Gasteiger charge is 2.10. The summed E-state index contributed by atoms with van der Waals surface area (Å²) in [7, 11) is 0.